The molecular formula is C17H19BrN2O. The van der Waals surface area contributed by atoms with E-state index >= 15 is 0 Å². The Morgan fingerprint density at radius 1 is 1.38 bits per heavy atom. The van der Waals surface area contributed by atoms with Crippen LogP contribution in [0.3, 0.4) is 0 Å². The normalized spacial score (nSPS) is 22.5. The monoisotopic (exact) mass is 346 g/mol. The van der Waals surface area contributed by atoms with Crippen LogP contribution in [0.15, 0.2) is 30.3 Å². The van der Waals surface area contributed by atoms with Gasteiger partial charge in [-0.15, -0.1) is 0 Å². The number of aryl methyl sites for hydroxylation is 1. The van der Waals surface area contributed by atoms with Crippen LogP contribution >= 0.6 is 15.9 Å². The molecule has 0 bridgehead atoms. The first-order valence-electron chi connectivity index (χ1n) is 7.36. The predicted molar refractivity (Wildman–Crippen MR) is 88.9 cm³/mol. The van der Waals surface area contributed by atoms with Gasteiger partial charge in [0.25, 0.3) is 5.91 Å². The minimum atomic E-state index is 0.119. The summed E-state index contributed by atoms with van der Waals surface area (Å²) in [5.41, 5.74) is 2.55. The standard InChI is InChI=1S/C17H19BrN2O/c1-11-7-8-20(10-15(11)18)17(21)14-9-12(2)19-16-6-4-3-5-13(14)16/h3-6,9,11,15H,7-8,10H2,1-2H3. The molecule has 2 heterocycles. The van der Waals surface area contributed by atoms with Gasteiger partial charge < -0.3 is 4.90 Å². The maximum Gasteiger partial charge on any atom is 0.254 e. The van der Waals surface area contributed by atoms with Gasteiger partial charge in [-0.05, 0) is 31.4 Å². The van der Waals surface area contributed by atoms with E-state index in [2.05, 4.69) is 27.8 Å². The summed E-state index contributed by atoms with van der Waals surface area (Å²) in [4.78, 5) is 19.7. The largest absolute Gasteiger partial charge is 0.337 e. The van der Waals surface area contributed by atoms with Crippen molar-refractivity contribution < 1.29 is 4.79 Å². The summed E-state index contributed by atoms with van der Waals surface area (Å²) in [6.07, 6.45) is 1.05. The van der Waals surface area contributed by atoms with Crippen molar-refractivity contribution in [3.63, 3.8) is 0 Å². The van der Waals surface area contributed by atoms with Crippen molar-refractivity contribution in [2.45, 2.75) is 25.1 Å². The molecule has 1 aromatic carbocycles. The van der Waals surface area contributed by atoms with E-state index in [9.17, 15) is 4.79 Å². The molecule has 0 aliphatic carbocycles. The lowest BCUT2D eigenvalue weighted by Crippen LogP contribution is -2.43. The Morgan fingerprint density at radius 3 is 2.90 bits per heavy atom. The molecule has 1 fully saturated rings. The molecule has 3 rings (SSSR count). The van der Waals surface area contributed by atoms with Crippen LogP contribution in [0.2, 0.25) is 0 Å². The van der Waals surface area contributed by atoms with Crippen LogP contribution in [0.5, 0.6) is 0 Å². The van der Waals surface area contributed by atoms with E-state index in [1.54, 1.807) is 0 Å². The number of benzene rings is 1. The van der Waals surface area contributed by atoms with Crippen molar-refractivity contribution in [2.24, 2.45) is 5.92 Å². The SMILES string of the molecule is Cc1cc(C(=O)N2CCC(C)C(Br)C2)c2ccccc2n1. The summed E-state index contributed by atoms with van der Waals surface area (Å²) in [5.74, 6) is 0.734. The van der Waals surface area contributed by atoms with E-state index < -0.39 is 0 Å². The van der Waals surface area contributed by atoms with E-state index in [0.717, 1.165) is 41.7 Å². The molecule has 0 N–H and O–H groups in total. The Hall–Kier alpha value is -1.42. The number of para-hydroxylation sites is 1. The minimum absolute atomic E-state index is 0.119. The fourth-order valence-electron chi connectivity index (χ4n) is 2.86. The smallest absolute Gasteiger partial charge is 0.254 e. The second-order valence-corrected chi connectivity index (χ2v) is 7.04. The van der Waals surface area contributed by atoms with Gasteiger partial charge in [0.15, 0.2) is 0 Å². The van der Waals surface area contributed by atoms with Crippen molar-refractivity contribution in [1.29, 1.82) is 0 Å². The summed E-state index contributed by atoms with van der Waals surface area (Å²) in [7, 11) is 0. The van der Waals surface area contributed by atoms with Gasteiger partial charge >= 0.3 is 0 Å². The van der Waals surface area contributed by atoms with Gasteiger partial charge in [-0.1, -0.05) is 41.1 Å². The Balaban J connectivity index is 1.98. The van der Waals surface area contributed by atoms with E-state index in [4.69, 9.17) is 0 Å². The lowest BCUT2D eigenvalue weighted by molar-refractivity contribution is 0.0708. The molecule has 0 saturated carbocycles. The molecule has 1 aromatic heterocycles. The van der Waals surface area contributed by atoms with Gasteiger partial charge in [-0.2, -0.15) is 0 Å². The third-order valence-corrected chi connectivity index (χ3v) is 5.42. The zero-order valence-electron chi connectivity index (χ0n) is 12.3. The van der Waals surface area contributed by atoms with Gasteiger partial charge in [0, 0.05) is 29.0 Å². The van der Waals surface area contributed by atoms with Crippen LogP contribution in [-0.4, -0.2) is 33.7 Å². The zero-order chi connectivity index (χ0) is 15.0. The summed E-state index contributed by atoms with van der Waals surface area (Å²) in [5, 5.41) is 0.942. The number of hydrogen-bond acceptors (Lipinski definition) is 2. The minimum Gasteiger partial charge on any atom is -0.337 e. The molecule has 1 aliphatic heterocycles. The summed E-state index contributed by atoms with van der Waals surface area (Å²) in [6.45, 7) is 5.77. The summed E-state index contributed by atoms with van der Waals surface area (Å²) in [6, 6.07) is 9.77. The summed E-state index contributed by atoms with van der Waals surface area (Å²) < 4.78 is 0. The Morgan fingerprint density at radius 2 is 2.14 bits per heavy atom. The molecule has 1 aliphatic rings. The van der Waals surface area contributed by atoms with Crippen molar-refractivity contribution in [3.05, 3.63) is 41.6 Å². The number of fused-ring (bicyclic) bond motifs is 1. The number of amides is 1. The van der Waals surface area contributed by atoms with E-state index in [1.165, 1.54) is 0 Å². The third kappa shape index (κ3) is 2.82. The zero-order valence-corrected chi connectivity index (χ0v) is 13.9. The molecule has 110 valence electrons. The molecule has 1 amide bonds. The number of nitrogens with zero attached hydrogens (tertiary/aromatic N) is 2. The molecular weight excluding hydrogens is 328 g/mol. The quantitative estimate of drug-likeness (QED) is 0.736. The Labute approximate surface area is 133 Å². The molecule has 4 heteroatoms. The first-order valence-corrected chi connectivity index (χ1v) is 8.27. The van der Waals surface area contributed by atoms with Crippen molar-refractivity contribution in [1.82, 2.24) is 9.88 Å². The van der Waals surface area contributed by atoms with Crippen molar-refractivity contribution in [3.8, 4) is 0 Å². The maximum absolute atomic E-state index is 12.9. The average molecular weight is 347 g/mol. The highest BCUT2D eigenvalue weighted by molar-refractivity contribution is 9.09. The number of piperidine rings is 1. The molecule has 3 nitrogen and oxygen atoms in total. The van der Waals surface area contributed by atoms with Crippen LogP contribution in [0.25, 0.3) is 10.9 Å². The number of aromatic nitrogens is 1. The van der Waals surface area contributed by atoms with Crippen LogP contribution < -0.4 is 0 Å². The number of halogens is 1. The van der Waals surface area contributed by atoms with E-state index in [1.807, 2.05) is 42.2 Å². The van der Waals surface area contributed by atoms with E-state index in [0.29, 0.717) is 10.7 Å². The van der Waals surface area contributed by atoms with Crippen molar-refractivity contribution >= 4 is 32.7 Å². The molecule has 2 aromatic rings. The second kappa shape index (κ2) is 5.76. The molecule has 2 unspecified atom stereocenters. The fourth-order valence-corrected chi connectivity index (χ4v) is 3.48. The van der Waals surface area contributed by atoms with Gasteiger partial charge in [0.2, 0.25) is 0 Å². The fraction of sp³-hybridized carbons (Fsp3) is 0.412. The molecule has 0 radical (unpaired) electrons. The third-order valence-electron chi connectivity index (χ3n) is 4.23. The first-order chi connectivity index (χ1) is 10.1. The number of likely N-dealkylation sites (tertiary alicyclic amines) is 1. The van der Waals surface area contributed by atoms with Crippen LogP contribution in [0.4, 0.5) is 0 Å². The second-order valence-electron chi connectivity index (χ2n) is 5.86. The molecule has 21 heavy (non-hydrogen) atoms. The van der Waals surface area contributed by atoms with E-state index in [-0.39, 0.29) is 5.91 Å². The van der Waals surface area contributed by atoms with Crippen LogP contribution in [0.1, 0.15) is 29.4 Å². The topological polar surface area (TPSA) is 33.2 Å². The number of rotatable bonds is 1. The van der Waals surface area contributed by atoms with Gasteiger partial charge in [0.1, 0.15) is 0 Å². The Bertz CT molecular complexity index is 686. The number of hydrogen-bond donors (Lipinski definition) is 0. The van der Waals surface area contributed by atoms with Gasteiger partial charge in [0.05, 0.1) is 11.1 Å². The van der Waals surface area contributed by atoms with Crippen LogP contribution in [0, 0.1) is 12.8 Å². The number of alkyl halides is 1. The van der Waals surface area contributed by atoms with Crippen molar-refractivity contribution in [2.75, 3.05) is 13.1 Å². The Kier molecular flexibility index (Phi) is 3.98. The highest BCUT2D eigenvalue weighted by atomic mass is 79.9. The maximum atomic E-state index is 12.9. The highest BCUT2D eigenvalue weighted by Gasteiger charge is 2.28. The molecule has 0 spiro atoms. The molecule has 1 saturated heterocycles. The van der Waals surface area contributed by atoms with Gasteiger partial charge in [-0.25, -0.2) is 0 Å². The van der Waals surface area contributed by atoms with Gasteiger partial charge in [-0.3, -0.25) is 9.78 Å². The lowest BCUT2D eigenvalue weighted by Gasteiger charge is -2.34. The first kappa shape index (κ1) is 14.5. The number of carbonyl (C=O) groups excluding carboxylic acids is 1. The summed E-state index contributed by atoms with van der Waals surface area (Å²) >= 11 is 3.69. The average Bonchev–Trinajstić information content (AvgIpc) is 2.48. The molecule has 2 atom stereocenters. The van der Waals surface area contributed by atoms with Crippen LogP contribution in [-0.2, 0) is 0 Å². The highest BCUT2D eigenvalue weighted by Crippen LogP contribution is 2.26. The number of pyridine rings is 1. The number of carbonyl (C=O) groups is 1. The lowest BCUT2D eigenvalue weighted by atomic mass is 9.98. The predicted octanol–water partition coefficient (Wildman–Crippen LogP) is 3.79.